The zero-order chi connectivity index (χ0) is 13.8. The molecule has 0 radical (unpaired) electrons. The van der Waals surface area contributed by atoms with Crippen molar-refractivity contribution in [2.45, 2.75) is 65.0 Å². The number of nitrogens with zero attached hydrogens (tertiary/aromatic N) is 2. The lowest BCUT2D eigenvalue weighted by molar-refractivity contribution is 0.363. The van der Waals surface area contributed by atoms with Gasteiger partial charge in [-0.05, 0) is 33.6 Å². The standard InChI is InChI=1S/C15H23N3S/c1-10-15(19-12(3)17-10)11(2)18-14-8-6-4-5-7-13(14)9-16/h11,13-14,18H,4-8H2,1-3H3. The molecule has 104 valence electrons. The number of hydrogen-bond donors (Lipinski definition) is 1. The Hall–Kier alpha value is -0.920. The van der Waals surface area contributed by atoms with Crippen LogP contribution in [0.25, 0.3) is 0 Å². The van der Waals surface area contributed by atoms with Crippen LogP contribution >= 0.6 is 11.3 Å². The van der Waals surface area contributed by atoms with Crippen molar-refractivity contribution in [2.24, 2.45) is 5.92 Å². The molecule has 19 heavy (non-hydrogen) atoms. The topological polar surface area (TPSA) is 48.7 Å². The smallest absolute Gasteiger partial charge is 0.0900 e. The summed E-state index contributed by atoms with van der Waals surface area (Å²) in [6.07, 6.45) is 5.87. The summed E-state index contributed by atoms with van der Waals surface area (Å²) >= 11 is 1.77. The van der Waals surface area contributed by atoms with Crippen LogP contribution in [0.3, 0.4) is 0 Å². The summed E-state index contributed by atoms with van der Waals surface area (Å²) in [5.74, 6) is 0.166. The number of aryl methyl sites for hydroxylation is 2. The Labute approximate surface area is 120 Å². The van der Waals surface area contributed by atoms with E-state index in [0.29, 0.717) is 12.1 Å². The largest absolute Gasteiger partial charge is 0.305 e. The van der Waals surface area contributed by atoms with E-state index in [-0.39, 0.29) is 5.92 Å². The van der Waals surface area contributed by atoms with Crippen molar-refractivity contribution in [1.82, 2.24) is 10.3 Å². The van der Waals surface area contributed by atoms with Gasteiger partial charge in [0.15, 0.2) is 0 Å². The van der Waals surface area contributed by atoms with E-state index in [0.717, 1.165) is 23.5 Å². The van der Waals surface area contributed by atoms with Gasteiger partial charge in [-0.25, -0.2) is 4.98 Å². The molecule has 0 amide bonds. The average molecular weight is 277 g/mol. The Morgan fingerprint density at radius 1 is 1.32 bits per heavy atom. The van der Waals surface area contributed by atoms with Gasteiger partial charge in [-0.15, -0.1) is 11.3 Å². The molecule has 1 saturated carbocycles. The molecule has 1 aliphatic carbocycles. The van der Waals surface area contributed by atoms with Crippen molar-refractivity contribution in [3.8, 4) is 6.07 Å². The molecule has 2 rings (SSSR count). The van der Waals surface area contributed by atoms with Gasteiger partial charge in [0.1, 0.15) is 0 Å². The first-order chi connectivity index (χ1) is 9.11. The molecule has 4 heteroatoms. The van der Waals surface area contributed by atoms with Crippen LogP contribution in [0.2, 0.25) is 0 Å². The highest BCUT2D eigenvalue weighted by molar-refractivity contribution is 7.11. The van der Waals surface area contributed by atoms with Crippen LogP contribution < -0.4 is 5.32 Å². The van der Waals surface area contributed by atoms with Crippen LogP contribution in [0.4, 0.5) is 0 Å². The van der Waals surface area contributed by atoms with Crippen LogP contribution in [0.1, 0.15) is 60.6 Å². The predicted molar refractivity (Wildman–Crippen MR) is 79.1 cm³/mol. The highest BCUT2D eigenvalue weighted by Gasteiger charge is 2.26. The summed E-state index contributed by atoms with van der Waals surface area (Å²) in [5.41, 5.74) is 1.13. The lowest BCUT2D eigenvalue weighted by atomic mass is 9.95. The predicted octanol–water partition coefficient (Wildman–Crippen LogP) is 3.88. The molecule has 0 aliphatic heterocycles. The van der Waals surface area contributed by atoms with E-state index >= 15 is 0 Å². The summed E-state index contributed by atoms with van der Waals surface area (Å²) < 4.78 is 0. The van der Waals surface area contributed by atoms with Gasteiger partial charge in [0.25, 0.3) is 0 Å². The number of rotatable bonds is 3. The number of aromatic nitrogens is 1. The van der Waals surface area contributed by atoms with E-state index in [4.69, 9.17) is 0 Å². The normalized spacial score (nSPS) is 25.6. The van der Waals surface area contributed by atoms with Gasteiger partial charge < -0.3 is 5.32 Å². The summed E-state index contributed by atoms with van der Waals surface area (Å²) in [6.45, 7) is 6.32. The van der Waals surface area contributed by atoms with E-state index < -0.39 is 0 Å². The minimum Gasteiger partial charge on any atom is -0.305 e. The molecule has 3 atom stereocenters. The number of nitrogens with one attached hydrogen (secondary N) is 1. The molecule has 3 nitrogen and oxygen atoms in total. The highest BCUT2D eigenvalue weighted by Crippen LogP contribution is 2.28. The summed E-state index contributed by atoms with van der Waals surface area (Å²) in [7, 11) is 0. The number of nitriles is 1. The van der Waals surface area contributed by atoms with E-state index in [2.05, 4.69) is 37.1 Å². The number of hydrogen-bond acceptors (Lipinski definition) is 4. The molecule has 1 fully saturated rings. The Balaban J connectivity index is 2.06. The summed E-state index contributed by atoms with van der Waals surface area (Å²) in [5, 5.41) is 14.1. The van der Waals surface area contributed by atoms with Gasteiger partial charge in [0, 0.05) is 17.0 Å². The monoisotopic (exact) mass is 277 g/mol. The average Bonchev–Trinajstić information content (AvgIpc) is 2.60. The maximum Gasteiger partial charge on any atom is 0.0900 e. The second kappa shape index (κ2) is 6.49. The Bertz CT molecular complexity index is 460. The molecule has 1 aromatic heterocycles. The third-order valence-corrected chi connectivity index (χ3v) is 5.23. The van der Waals surface area contributed by atoms with Gasteiger partial charge in [-0.2, -0.15) is 5.26 Å². The van der Waals surface area contributed by atoms with Crippen LogP contribution in [-0.2, 0) is 0 Å². The molecule has 0 spiro atoms. The van der Waals surface area contributed by atoms with E-state index in [9.17, 15) is 5.26 Å². The first kappa shape index (κ1) is 14.5. The Morgan fingerprint density at radius 2 is 2.05 bits per heavy atom. The molecule has 1 N–H and O–H groups in total. The molecule has 0 aromatic carbocycles. The fourth-order valence-electron chi connectivity index (χ4n) is 3.01. The maximum absolute atomic E-state index is 9.33. The van der Waals surface area contributed by atoms with Crippen LogP contribution in [0, 0.1) is 31.1 Å². The van der Waals surface area contributed by atoms with Gasteiger partial charge in [-0.1, -0.05) is 19.3 Å². The van der Waals surface area contributed by atoms with Gasteiger partial charge >= 0.3 is 0 Å². The maximum atomic E-state index is 9.33. The van der Waals surface area contributed by atoms with E-state index in [1.807, 2.05) is 0 Å². The lowest BCUT2D eigenvalue weighted by Crippen LogP contribution is -2.36. The quantitative estimate of drug-likeness (QED) is 0.853. The van der Waals surface area contributed by atoms with Gasteiger partial charge in [-0.3, -0.25) is 0 Å². The van der Waals surface area contributed by atoms with Crippen molar-refractivity contribution in [2.75, 3.05) is 0 Å². The first-order valence-electron chi connectivity index (χ1n) is 7.21. The van der Waals surface area contributed by atoms with Crippen molar-refractivity contribution in [3.63, 3.8) is 0 Å². The van der Waals surface area contributed by atoms with Gasteiger partial charge in [0.05, 0.1) is 22.7 Å². The Kier molecular flexibility index (Phi) is 4.95. The van der Waals surface area contributed by atoms with Crippen LogP contribution in [0.15, 0.2) is 0 Å². The number of thiazole rings is 1. The molecular weight excluding hydrogens is 254 g/mol. The Morgan fingerprint density at radius 3 is 2.68 bits per heavy atom. The summed E-state index contributed by atoms with van der Waals surface area (Å²) in [4.78, 5) is 5.81. The highest BCUT2D eigenvalue weighted by atomic mass is 32.1. The molecule has 1 aromatic rings. The van der Waals surface area contributed by atoms with Crippen molar-refractivity contribution >= 4 is 11.3 Å². The zero-order valence-electron chi connectivity index (χ0n) is 12.1. The van der Waals surface area contributed by atoms with Crippen LogP contribution in [0.5, 0.6) is 0 Å². The molecular formula is C15H23N3S. The van der Waals surface area contributed by atoms with Gasteiger partial charge in [0.2, 0.25) is 0 Å². The second-order valence-electron chi connectivity index (χ2n) is 5.55. The SMILES string of the molecule is Cc1nc(C)c(C(C)NC2CCCCCC2C#N)s1. The van der Waals surface area contributed by atoms with Crippen molar-refractivity contribution in [1.29, 1.82) is 5.26 Å². The first-order valence-corrected chi connectivity index (χ1v) is 8.03. The minimum absolute atomic E-state index is 0.166. The van der Waals surface area contributed by atoms with E-state index in [1.165, 1.54) is 24.1 Å². The van der Waals surface area contributed by atoms with Crippen LogP contribution in [-0.4, -0.2) is 11.0 Å². The van der Waals surface area contributed by atoms with E-state index in [1.54, 1.807) is 11.3 Å². The second-order valence-corrected chi connectivity index (χ2v) is 6.79. The molecule has 1 heterocycles. The fraction of sp³-hybridized carbons (Fsp3) is 0.733. The van der Waals surface area contributed by atoms with Crippen molar-refractivity contribution in [3.05, 3.63) is 15.6 Å². The molecule has 1 aliphatic rings. The fourth-order valence-corrected chi connectivity index (χ4v) is 3.95. The lowest BCUT2D eigenvalue weighted by Gasteiger charge is -2.25. The third-order valence-electron chi connectivity index (χ3n) is 3.98. The molecule has 0 bridgehead atoms. The zero-order valence-corrected chi connectivity index (χ0v) is 12.9. The minimum atomic E-state index is 0.166. The van der Waals surface area contributed by atoms with Crippen molar-refractivity contribution < 1.29 is 0 Å². The summed E-state index contributed by atoms with van der Waals surface area (Å²) in [6, 6.07) is 3.13. The third kappa shape index (κ3) is 3.55. The molecule has 3 unspecified atom stereocenters. The molecule has 0 saturated heterocycles.